The van der Waals surface area contributed by atoms with Crippen LogP contribution in [0.1, 0.15) is 46.3 Å². The molecule has 0 saturated carbocycles. The van der Waals surface area contributed by atoms with E-state index in [4.69, 9.17) is 5.41 Å². The summed E-state index contributed by atoms with van der Waals surface area (Å²) in [7, 11) is 1.78. The highest BCUT2D eigenvalue weighted by Gasteiger charge is 2.19. The molecule has 0 aliphatic heterocycles. The van der Waals surface area contributed by atoms with Gasteiger partial charge in [-0.25, -0.2) is 4.98 Å². The van der Waals surface area contributed by atoms with Gasteiger partial charge in [0.25, 0.3) is 0 Å². The first-order chi connectivity index (χ1) is 14.4. The van der Waals surface area contributed by atoms with Crippen LogP contribution in [0.4, 0.5) is 5.69 Å². The number of hydrogen-bond donors (Lipinski definition) is 3. The smallest absolute Gasteiger partial charge is 0.228 e. The van der Waals surface area contributed by atoms with Crippen molar-refractivity contribution in [2.75, 3.05) is 37.2 Å². The normalized spacial score (nSPS) is 11.1. The van der Waals surface area contributed by atoms with Crippen molar-refractivity contribution in [2.45, 2.75) is 31.2 Å². The van der Waals surface area contributed by atoms with Crippen molar-refractivity contribution in [3.8, 4) is 0 Å². The summed E-state index contributed by atoms with van der Waals surface area (Å²) in [5.41, 5.74) is 1.48. The minimum absolute atomic E-state index is 0.00925. The van der Waals surface area contributed by atoms with Crippen LogP contribution in [-0.2, 0) is 4.79 Å². The summed E-state index contributed by atoms with van der Waals surface area (Å²) in [4.78, 5) is 30.4. The van der Waals surface area contributed by atoms with Gasteiger partial charge in [-0.2, -0.15) is 11.8 Å². The van der Waals surface area contributed by atoms with Crippen molar-refractivity contribution in [3.63, 3.8) is 0 Å². The Kier molecular flexibility index (Phi) is 12.4. The van der Waals surface area contributed by atoms with E-state index in [1.807, 2.05) is 32.4 Å². The lowest BCUT2D eigenvalue weighted by atomic mass is 10.1. The molecule has 0 aliphatic rings. The van der Waals surface area contributed by atoms with E-state index < -0.39 is 0 Å². The van der Waals surface area contributed by atoms with Gasteiger partial charge in [-0.05, 0) is 44.1 Å². The Balaban J connectivity index is 0.00000141. The predicted molar refractivity (Wildman–Crippen MR) is 132 cm³/mol. The molecule has 1 atom stereocenters. The number of carbonyl (C=O) groups excluding carboxylic acids is 2. The van der Waals surface area contributed by atoms with Gasteiger partial charge in [-0.15, -0.1) is 11.3 Å². The molecule has 164 valence electrons. The number of anilines is 1. The van der Waals surface area contributed by atoms with Crippen molar-refractivity contribution in [3.05, 3.63) is 39.7 Å². The maximum Gasteiger partial charge on any atom is 0.228 e. The predicted octanol–water partition coefficient (Wildman–Crippen LogP) is 4.77. The molecule has 2 aromatic rings. The Labute approximate surface area is 191 Å². The average Bonchev–Trinajstić information content (AvgIpc) is 3.25. The van der Waals surface area contributed by atoms with Crippen LogP contribution in [0.25, 0.3) is 0 Å². The third-order valence-electron chi connectivity index (χ3n) is 3.98. The number of pyridine rings is 1. The summed E-state index contributed by atoms with van der Waals surface area (Å²) in [6, 6.07) is 5.42. The highest BCUT2D eigenvalue weighted by molar-refractivity contribution is 8.00. The molecule has 2 heterocycles. The monoisotopic (exact) mass is 466 g/mol. The maximum absolute atomic E-state index is 12.5. The molecule has 1 unspecified atom stereocenters. The van der Waals surface area contributed by atoms with Crippen molar-refractivity contribution >= 4 is 58.5 Å². The first-order valence-electron chi connectivity index (χ1n) is 9.54. The Morgan fingerprint density at radius 3 is 2.60 bits per heavy atom. The Hall–Kier alpha value is -1.84. The van der Waals surface area contributed by atoms with E-state index in [0.717, 1.165) is 17.0 Å². The maximum atomic E-state index is 12.5. The molecule has 0 saturated heterocycles. The first kappa shape index (κ1) is 26.2. The SMILES string of the molecule is CCCNC(=O)C(C)c1ccc(C(=O)CSc2nccc(NC)c2C=N)s1.CSC. The van der Waals surface area contributed by atoms with Crippen LogP contribution in [0.15, 0.2) is 29.4 Å². The molecular formula is C21H30N4O2S3. The highest BCUT2D eigenvalue weighted by Crippen LogP contribution is 2.29. The van der Waals surface area contributed by atoms with E-state index in [-0.39, 0.29) is 23.4 Å². The summed E-state index contributed by atoms with van der Waals surface area (Å²) >= 11 is 4.43. The fourth-order valence-electron chi connectivity index (χ4n) is 2.40. The quantitative estimate of drug-likeness (QED) is 0.265. The molecule has 1 amide bonds. The number of thiophene rings is 1. The lowest BCUT2D eigenvalue weighted by Crippen LogP contribution is -2.28. The Bertz CT molecular complexity index is 839. The number of Topliss-reactive ketones (excluding diaryl/α,β-unsaturated/α-hetero) is 1. The molecule has 0 aromatic carbocycles. The number of nitrogens with zero attached hydrogens (tertiary/aromatic N) is 1. The average molecular weight is 467 g/mol. The van der Waals surface area contributed by atoms with E-state index in [1.54, 1.807) is 37.1 Å². The van der Waals surface area contributed by atoms with Crippen LogP contribution >= 0.6 is 34.9 Å². The third kappa shape index (κ3) is 7.77. The molecule has 0 spiro atoms. The fraction of sp³-hybridized carbons (Fsp3) is 0.429. The number of carbonyl (C=O) groups is 2. The minimum Gasteiger partial charge on any atom is -0.387 e. The van der Waals surface area contributed by atoms with Crippen LogP contribution in [-0.4, -0.2) is 54.7 Å². The van der Waals surface area contributed by atoms with Crippen LogP contribution in [0, 0.1) is 5.41 Å². The lowest BCUT2D eigenvalue weighted by Gasteiger charge is -2.09. The van der Waals surface area contributed by atoms with E-state index in [1.165, 1.54) is 29.3 Å². The second-order valence-electron chi connectivity index (χ2n) is 6.31. The van der Waals surface area contributed by atoms with E-state index in [0.29, 0.717) is 22.0 Å². The molecular weight excluding hydrogens is 436 g/mol. The van der Waals surface area contributed by atoms with E-state index in [2.05, 4.69) is 15.6 Å². The van der Waals surface area contributed by atoms with Crippen molar-refractivity contribution in [2.24, 2.45) is 0 Å². The van der Waals surface area contributed by atoms with Gasteiger partial charge in [-0.3, -0.25) is 9.59 Å². The van der Waals surface area contributed by atoms with Gasteiger partial charge in [-0.1, -0.05) is 18.7 Å². The van der Waals surface area contributed by atoms with Crippen LogP contribution < -0.4 is 10.6 Å². The third-order valence-corrected chi connectivity index (χ3v) is 6.29. The summed E-state index contributed by atoms with van der Waals surface area (Å²) < 4.78 is 0. The Morgan fingerprint density at radius 2 is 2.00 bits per heavy atom. The summed E-state index contributed by atoms with van der Waals surface area (Å²) in [5.74, 6) is -0.0628. The molecule has 9 heteroatoms. The van der Waals surface area contributed by atoms with Gasteiger partial charge >= 0.3 is 0 Å². The van der Waals surface area contributed by atoms with E-state index >= 15 is 0 Å². The molecule has 3 N–H and O–H groups in total. The van der Waals surface area contributed by atoms with Gasteiger partial charge in [0.15, 0.2) is 5.78 Å². The molecule has 6 nitrogen and oxygen atoms in total. The summed E-state index contributed by atoms with van der Waals surface area (Å²) in [6.45, 7) is 4.52. The van der Waals surface area contributed by atoms with E-state index in [9.17, 15) is 9.59 Å². The zero-order valence-electron chi connectivity index (χ0n) is 18.1. The van der Waals surface area contributed by atoms with Crippen molar-refractivity contribution in [1.29, 1.82) is 5.41 Å². The topological polar surface area (TPSA) is 94.9 Å². The number of ketones is 1. The standard InChI is InChI=1S/C19H24N4O2S2.C2H6S/c1-4-8-22-18(25)12(2)16-5-6-17(27-16)15(24)11-26-19-13(10-20)14(21-3)7-9-23-19;1-3-2/h5-7,9-10,12,20H,4,8,11H2,1-3H3,(H,21,23)(H,22,25);1-2H3. The van der Waals surface area contributed by atoms with Crippen LogP contribution in [0.5, 0.6) is 0 Å². The van der Waals surface area contributed by atoms with Crippen molar-refractivity contribution in [1.82, 2.24) is 10.3 Å². The molecule has 0 radical (unpaired) electrons. The molecule has 2 rings (SSSR count). The molecule has 2 aromatic heterocycles. The number of aromatic nitrogens is 1. The number of amides is 1. The van der Waals surface area contributed by atoms with Crippen LogP contribution in [0.3, 0.4) is 0 Å². The molecule has 30 heavy (non-hydrogen) atoms. The molecule has 0 fully saturated rings. The zero-order chi connectivity index (χ0) is 22.5. The van der Waals surface area contributed by atoms with Crippen molar-refractivity contribution < 1.29 is 9.59 Å². The van der Waals surface area contributed by atoms with Crippen LogP contribution in [0.2, 0.25) is 0 Å². The van der Waals surface area contributed by atoms with Gasteiger partial charge in [0.05, 0.1) is 16.5 Å². The summed E-state index contributed by atoms with van der Waals surface area (Å²) in [5, 5.41) is 14.1. The van der Waals surface area contributed by atoms with Gasteiger partial charge in [0, 0.05) is 42.1 Å². The van der Waals surface area contributed by atoms with Gasteiger partial charge in [0.1, 0.15) is 5.03 Å². The second-order valence-corrected chi connectivity index (χ2v) is 9.20. The number of rotatable bonds is 10. The van der Waals surface area contributed by atoms with Gasteiger partial charge in [0.2, 0.25) is 5.91 Å². The molecule has 0 bridgehead atoms. The summed E-state index contributed by atoms with van der Waals surface area (Å²) in [6.07, 6.45) is 7.88. The Morgan fingerprint density at radius 1 is 1.30 bits per heavy atom. The largest absolute Gasteiger partial charge is 0.387 e. The minimum atomic E-state index is -0.269. The first-order valence-corrected chi connectivity index (χ1v) is 13.0. The number of hydrogen-bond acceptors (Lipinski definition) is 8. The number of thioether (sulfide) groups is 2. The van der Waals surface area contributed by atoms with Gasteiger partial charge < -0.3 is 16.0 Å². The number of nitrogens with one attached hydrogen (secondary N) is 3. The zero-order valence-corrected chi connectivity index (χ0v) is 20.5. The molecule has 0 aliphatic carbocycles. The fourth-order valence-corrected chi connectivity index (χ4v) is 4.37. The highest BCUT2D eigenvalue weighted by atomic mass is 32.2. The lowest BCUT2D eigenvalue weighted by molar-refractivity contribution is -0.122. The second kappa shape index (κ2) is 14.2.